The molecular formula is C8H12ClN3O2. The minimum Gasteiger partial charge on any atom is -0.464 e. The number of carbonyl (C=O) groups excluding carboxylic acids is 1. The molecule has 5 nitrogen and oxygen atoms in total. The Hall–Kier alpha value is -1.07. The Morgan fingerprint density at radius 3 is 2.93 bits per heavy atom. The lowest BCUT2D eigenvalue weighted by Crippen LogP contribution is -2.13. The van der Waals surface area contributed by atoms with Crippen LogP contribution in [0.1, 0.15) is 21.7 Å². The Balaban J connectivity index is 0.000000980. The van der Waals surface area contributed by atoms with Crippen molar-refractivity contribution in [1.29, 1.82) is 0 Å². The van der Waals surface area contributed by atoms with Crippen molar-refractivity contribution >= 4 is 18.4 Å². The average Bonchev–Trinajstić information content (AvgIpc) is 2.62. The molecule has 0 atom stereocenters. The number of hydrogen-bond acceptors (Lipinski definition) is 4. The summed E-state index contributed by atoms with van der Waals surface area (Å²) in [4.78, 5) is 11.3. The zero-order valence-electron chi connectivity index (χ0n) is 8.03. The number of carbonyl (C=O) groups is 1. The molecule has 14 heavy (non-hydrogen) atoms. The van der Waals surface area contributed by atoms with Crippen LogP contribution in [0.25, 0.3) is 0 Å². The van der Waals surface area contributed by atoms with Crippen molar-refractivity contribution < 1.29 is 9.53 Å². The van der Waals surface area contributed by atoms with Crippen LogP contribution < -0.4 is 5.32 Å². The summed E-state index contributed by atoms with van der Waals surface area (Å²) < 4.78 is 6.25. The van der Waals surface area contributed by atoms with Crippen LogP contribution >= 0.6 is 12.4 Å². The van der Waals surface area contributed by atoms with Gasteiger partial charge in [-0.05, 0) is 0 Å². The Morgan fingerprint density at radius 1 is 1.57 bits per heavy atom. The summed E-state index contributed by atoms with van der Waals surface area (Å²) in [5.41, 5.74) is 2.47. The molecule has 78 valence electrons. The van der Waals surface area contributed by atoms with E-state index in [0.29, 0.717) is 12.2 Å². The molecular weight excluding hydrogens is 206 g/mol. The van der Waals surface area contributed by atoms with Crippen LogP contribution in [0.3, 0.4) is 0 Å². The van der Waals surface area contributed by atoms with E-state index in [4.69, 9.17) is 0 Å². The van der Waals surface area contributed by atoms with Crippen LogP contribution in [0.2, 0.25) is 0 Å². The van der Waals surface area contributed by atoms with Crippen LogP contribution in [0, 0.1) is 0 Å². The van der Waals surface area contributed by atoms with E-state index in [9.17, 15) is 4.79 Å². The third-order valence-electron chi connectivity index (χ3n) is 2.20. The summed E-state index contributed by atoms with van der Waals surface area (Å²) in [5, 5.41) is 7.34. The molecule has 0 aliphatic carbocycles. The van der Waals surface area contributed by atoms with E-state index in [-0.39, 0.29) is 18.4 Å². The number of nitrogens with one attached hydrogen (secondary N) is 1. The van der Waals surface area contributed by atoms with Crippen LogP contribution in [0.4, 0.5) is 0 Å². The molecule has 0 saturated heterocycles. The predicted molar refractivity (Wildman–Crippen MR) is 52.3 cm³/mol. The molecule has 0 saturated carbocycles. The summed E-state index contributed by atoms with van der Waals surface area (Å²) in [7, 11) is 3.13. The number of halogens is 1. The second-order valence-electron chi connectivity index (χ2n) is 2.99. The van der Waals surface area contributed by atoms with Crippen molar-refractivity contribution in [1.82, 2.24) is 15.1 Å². The first-order chi connectivity index (χ1) is 6.24. The maximum atomic E-state index is 11.3. The number of rotatable bonds is 1. The first-order valence-corrected chi connectivity index (χ1v) is 4.08. The minimum absolute atomic E-state index is 0. The molecule has 0 fully saturated rings. The van der Waals surface area contributed by atoms with Gasteiger partial charge >= 0.3 is 5.97 Å². The molecule has 1 aliphatic rings. The Morgan fingerprint density at radius 2 is 2.29 bits per heavy atom. The van der Waals surface area contributed by atoms with E-state index in [1.165, 1.54) is 7.11 Å². The third kappa shape index (κ3) is 1.49. The van der Waals surface area contributed by atoms with Crippen LogP contribution in [-0.4, -0.2) is 22.9 Å². The number of aryl methyl sites for hydroxylation is 1. The van der Waals surface area contributed by atoms with Crippen LogP contribution in [0.5, 0.6) is 0 Å². The van der Waals surface area contributed by atoms with Gasteiger partial charge in [0.1, 0.15) is 0 Å². The quantitative estimate of drug-likeness (QED) is 0.685. The van der Waals surface area contributed by atoms with E-state index in [2.05, 4.69) is 15.2 Å². The summed E-state index contributed by atoms with van der Waals surface area (Å²) >= 11 is 0. The Bertz CT molecular complexity index is 362. The highest BCUT2D eigenvalue weighted by Gasteiger charge is 2.25. The van der Waals surface area contributed by atoms with Gasteiger partial charge in [-0.2, -0.15) is 5.10 Å². The standard InChI is InChI=1S/C8H11N3O2.ClH/c1-11-7(8(12)13-2)5-3-9-4-6(5)10-11;/h9H,3-4H2,1-2H3;1H. The third-order valence-corrected chi connectivity index (χ3v) is 2.20. The molecule has 0 aromatic carbocycles. The topological polar surface area (TPSA) is 56.1 Å². The lowest BCUT2D eigenvalue weighted by Gasteiger charge is -2.01. The van der Waals surface area contributed by atoms with E-state index < -0.39 is 0 Å². The Labute approximate surface area is 87.8 Å². The number of aromatic nitrogens is 2. The molecule has 0 unspecified atom stereocenters. The van der Waals surface area contributed by atoms with Crippen molar-refractivity contribution in [3.8, 4) is 0 Å². The number of ether oxygens (including phenoxy) is 1. The highest BCUT2D eigenvalue weighted by atomic mass is 35.5. The summed E-state index contributed by atoms with van der Waals surface area (Å²) in [6.45, 7) is 1.44. The van der Waals surface area contributed by atoms with Gasteiger partial charge in [0.25, 0.3) is 0 Å². The molecule has 0 spiro atoms. The molecule has 2 heterocycles. The largest absolute Gasteiger partial charge is 0.464 e. The van der Waals surface area contributed by atoms with Gasteiger partial charge in [0.15, 0.2) is 5.69 Å². The maximum Gasteiger partial charge on any atom is 0.356 e. The van der Waals surface area contributed by atoms with Crippen LogP contribution in [-0.2, 0) is 24.9 Å². The minimum atomic E-state index is -0.319. The smallest absolute Gasteiger partial charge is 0.356 e. The zero-order chi connectivity index (χ0) is 9.42. The van der Waals surface area contributed by atoms with Crippen molar-refractivity contribution in [3.05, 3.63) is 17.0 Å². The fourth-order valence-corrected chi connectivity index (χ4v) is 1.61. The van der Waals surface area contributed by atoms with Crippen molar-refractivity contribution in [3.63, 3.8) is 0 Å². The molecule has 1 N–H and O–H groups in total. The normalized spacial score (nSPS) is 13.3. The fourth-order valence-electron chi connectivity index (χ4n) is 1.61. The molecule has 1 aromatic heterocycles. The number of hydrogen-bond donors (Lipinski definition) is 1. The lowest BCUT2D eigenvalue weighted by atomic mass is 10.2. The first kappa shape index (κ1) is 11.0. The molecule has 0 radical (unpaired) electrons. The van der Waals surface area contributed by atoms with Gasteiger partial charge in [-0.3, -0.25) is 4.68 Å². The molecule has 1 aromatic rings. The fraction of sp³-hybridized carbons (Fsp3) is 0.500. The highest BCUT2D eigenvalue weighted by molar-refractivity contribution is 5.89. The molecule has 2 rings (SSSR count). The first-order valence-electron chi connectivity index (χ1n) is 4.08. The number of methoxy groups -OCH3 is 1. The lowest BCUT2D eigenvalue weighted by molar-refractivity contribution is 0.0587. The Kier molecular flexibility index (Phi) is 3.13. The summed E-state index contributed by atoms with van der Waals surface area (Å²) in [6.07, 6.45) is 0. The van der Waals surface area contributed by atoms with E-state index in [0.717, 1.165) is 17.8 Å². The molecule has 0 amide bonds. The van der Waals surface area contributed by atoms with Gasteiger partial charge in [-0.25, -0.2) is 4.79 Å². The van der Waals surface area contributed by atoms with Gasteiger partial charge in [-0.1, -0.05) is 0 Å². The molecule has 1 aliphatic heterocycles. The second-order valence-corrected chi connectivity index (χ2v) is 2.99. The number of fused-ring (bicyclic) bond motifs is 1. The van der Waals surface area contributed by atoms with Crippen molar-refractivity contribution in [2.45, 2.75) is 13.1 Å². The SMILES string of the molecule is COC(=O)c1c2c(nn1C)CNC2.Cl. The van der Waals surface area contributed by atoms with Gasteiger partial charge in [0.05, 0.1) is 12.8 Å². The summed E-state index contributed by atoms with van der Waals surface area (Å²) in [5.74, 6) is -0.319. The van der Waals surface area contributed by atoms with Crippen molar-refractivity contribution in [2.75, 3.05) is 7.11 Å². The molecule has 6 heteroatoms. The summed E-state index contributed by atoms with van der Waals surface area (Å²) in [6, 6.07) is 0. The van der Waals surface area contributed by atoms with E-state index in [1.54, 1.807) is 11.7 Å². The van der Waals surface area contributed by atoms with E-state index in [1.807, 2.05) is 0 Å². The van der Waals surface area contributed by atoms with Gasteiger partial charge < -0.3 is 10.1 Å². The monoisotopic (exact) mass is 217 g/mol. The number of nitrogens with zero attached hydrogens (tertiary/aromatic N) is 2. The number of esters is 1. The van der Waals surface area contributed by atoms with Crippen LogP contribution in [0.15, 0.2) is 0 Å². The highest BCUT2D eigenvalue weighted by Crippen LogP contribution is 2.18. The second kappa shape index (κ2) is 3.98. The average molecular weight is 218 g/mol. The zero-order valence-corrected chi connectivity index (χ0v) is 8.85. The maximum absolute atomic E-state index is 11.3. The van der Waals surface area contributed by atoms with Gasteiger partial charge in [0.2, 0.25) is 0 Å². The van der Waals surface area contributed by atoms with Crippen molar-refractivity contribution in [2.24, 2.45) is 7.05 Å². The van der Waals surface area contributed by atoms with E-state index >= 15 is 0 Å². The van der Waals surface area contributed by atoms with Gasteiger partial charge in [-0.15, -0.1) is 12.4 Å². The molecule has 0 bridgehead atoms. The predicted octanol–water partition coefficient (Wildman–Crippen LogP) is 0.232. The van der Waals surface area contributed by atoms with Gasteiger partial charge in [0, 0.05) is 25.7 Å².